The normalized spacial score (nSPS) is 12.5. The van der Waals surface area contributed by atoms with E-state index < -0.39 is 0 Å². The third kappa shape index (κ3) is 2.14. The van der Waals surface area contributed by atoms with E-state index in [4.69, 9.17) is 0 Å². The van der Waals surface area contributed by atoms with Gasteiger partial charge in [0.25, 0.3) is 0 Å². The van der Waals surface area contributed by atoms with E-state index in [2.05, 4.69) is 108 Å². The van der Waals surface area contributed by atoms with E-state index in [-0.39, 0.29) is 0 Å². The van der Waals surface area contributed by atoms with E-state index in [0.717, 1.165) is 0 Å². The smallest absolute Gasteiger partial charge is 0.0541 e. The summed E-state index contributed by atoms with van der Waals surface area (Å²) >= 11 is 1.88. The highest BCUT2D eigenvalue weighted by molar-refractivity contribution is 7.99. The van der Waals surface area contributed by atoms with Gasteiger partial charge in [-0.3, -0.25) is 0 Å². The summed E-state index contributed by atoms with van der Waals surface area (Å²) in [6.07, 6.45) is 0. The van der Waals surface area contributed by atoms with E-state index in [1.807, 2.05) is 11.8 Å². The van der Waals surface area contributed by atoms with Crippen LogP contribution in [0.1, 0.15) is 0 Å². The molecular formula is C28H17NS. The first-order chi connectivity index (χ1) is 14.9. The molecule has 2 heterocycles. The fourth-order valence-corrected chi connectivity index (χ4v) is 6.02. The van der Waals surface area contributed by atoms with Crippen molar-refractivity contribution in [1.82, 2.24) is 4.57 Å². The molecule has 30 heavy (non-hydrogen) atoms. The van der Waals surface area contributed by atoms with E-state index in [1.54, 1.807) is 0 Å². The molecule has 0 amide bonds. The number of aromatic nitrogens is 1. The Morgan fingerprint density at radius 2 is 1.23 bits per heavy atom. The Bertz CT molecular complexity index is 1560. The third-order valence-corrected chi connectivity index (χ3v) is 7.31. The Morgan fingerprint density at radius 1 is 0.533 bits per heavy atom. The maximum atomic E-state index is 2.40. The van der Waals surface area contributed by atoms with Crippen LogP contribution in [0.5, 0.6) is 0 Å². The summed E-state index contributed by atoms with van der Waals surface area (Å²) in [5, 5.41) is 5.28. The Hall–Kier alpha value is -3.49. The highest BCUT2D eigenvalue weighted by Gasteiger charge is 2.20. The molecule has 0 fully saturated rings. The van der Waals surface area contributed by atoms with Gasteiger partial charge < -0.3 is 4.57 Å². The van der Waals surface area contributed by atoms with Crippen molar-refractivity contribution >= 4 is 44.3 Å². The Labute approximate surface area is 178 Å². The van der Waals surface area contributed by atoms with Gasteiger partial charge in [-0.25, -0.2) is 0 Å². The molecule has 0 radical (unpaired) electrons. The maximum Gasteiger partial charge on any atom is 0.0541 e. The van der Waals surface area contributed by atoms with Crippen molar-refractivity contribution in [3.8, 4) is 16.8 Å². The van der Waals surface area contributed by atoms with Gasteiger partial charge in [0, 0.05) is 31.6 Å². The molecule has 0 bridgehead atoms. The number of nitrogens with zero attached hydrogens (tertiary/aromatic N) is 1. The summed E-state index contributed by atoms with van der Waals surface area (Å²) in [4.78, 5) is 2.67. The molecule has 0 unspecified atom stereocenters. The molecule has 0 N–H and O–H groups in total. The van der Waals surface area contributed by atoms with Crippen LogP contribution in [0.4, 0.5) is 0 Å². The zero-order valence-corrected chi connectivity index (χ0v) is 17.0. The molecule has 7 rings (SSSR count). The van der Waals surface area contributed by atoms with Crippen LogP contribution in [-0.4, -0.2) is 4.57 Å². The number of rotatable bonds is 1. The van der Waals surface area contributed by atoms with Crippen molar-refractivity contribution in [2.75, 3.05) is 0 Å². The summed E-state index contributed by atoms with van der Waals surface area (Å²) in [5.41, 5.74) is 6.37. The summed E-state index contributed by atoms with van der Waals surface area (Å²) in [5.74, 6) is 0. The second-order valence-corrected chi connectivity index (χ2v) is 8.90. The summed E-state index contributed by atoms with van der Waals surface area (Å²) in [6, 6.07) is 37.6. The summed E-state index contributed by atoms with van der Waals surface area (Å²) < 4.78 is 2.40. The lowest BCUT2D eigenvalue weighted by Crippen LogP contribution is -1.98. The fourth-order valence-electron chi connectivity index (χ4n) is 4.89. The monoisotopic (exact) mass is 399 g/mol. The van der Waals surface area contributed by atoms with Crippen LogP contribution < -0.4 is 0 Å². The molecule has 1 nitrogen and oxygen atoms in total. The SMILES string of the molecule is c1cc2c3c(cccc3c1)-c1cc(-n3c4ccccc4c4ccccc43)ccc1S2. The molecule has 1 aliphatic rings. The first kappa shape index (κ1) is 16.3. The first-order valence-corrected chi connectivity index (χ1v) is 11.0. The number of benzene rings is 5. The van der Waals surface area contributed by atoms with Crippen LogP contribution in [0.2, 0.25) is 0 Å². The van der Waals surface area contributed by atoms with Crippen molar-refractivity contribution in [2.45, 2.75) is 9.79 Å². The van der Waals surface area contributed by atoms with Gasteiger partial charge in [-0.2, -0.15) is 0 Å². The molecule has 2 heteroatoms. The van der Waals surface area contributed by atoms with E-state index >= 15 is 0 Å². The van der Waals surface area contributed by atoms with Gasteiger partial charge in [0.1, 0.15) is 0 Å². The largest absolute Gasteiger partial charge is 0.309 e. The lowest BCUT2D eigenvalue weighted by Gasteiger charge is -2.21. The van der Waals surface area contributed by atoms with Gasteiger partial charge in [0.2, 0.25) is 0 Å². The Morgan fingerprint density at radius 3 is 2.00 bits per heavy atom. The van der Waals surface area contributed by atoms with Gasteiger partial charge in [-0.1, -0.05) is 78.5 Å². The van der Waals surface area contributed by atoms with Crippen molar-refractivity contribution in [1.29, 1.82) is 0 Å². The summed E-state index contributed by atoms with van der Waals surface area (Å²) in [7, 11) is 0. The molecule has 6 aromatic rings. The second kappa shape index (κ2) is 6.01. The van der Waals surface area contributed by atoms with Crippen LogP contribution >= 0.6 is 11.8 Å². The highest BCUT2D eigenvalue weighted by atomic mass is 32.2. The van der Waals surface area contributed by atoms with Gasteiger partial charge >= 0.3 is 0 Å². The van der Waals surface area contributed by atoms with E-state index in [0.29, 0.717) is 0 Å². The van der Waals surface area contributed by atoms with Gasteiger partial charge in [-0.15, -0.1) is 0 Å². The molecule has 140 valence electrons. The van der Waals surface area contributed by atoms with Crippen LogP contribution in [-0.2, 0) is 0 Å². The predicted octanol–water partition coefficient (Wildman–Crippen LogP) is 8.07. The standard InChI is InChI=1S/C28H17NS/c1-3-12-24-20(9-1)21-10-2-4-13-25(21)29(24)19-15-16-26-23(17-19)22-11-5-7-18-8-6-14-27(30-26)28(18)22/h1-17H. The summed E-state index contributed by atoms with van der Waals surface area (Å²) in [6.45, 7) is 0. The molecular weight excluding hydrogens is 382 g/mol. The molecule has 1 aromatic heterocycles. The van der Waals surface area contributed by atoms with Crippen LogP contribution in [0, 0.1) is 0 Å². The van der Waals surface area contributed by atoms with Gasteiger partial charge in [-0.05, 0) is 52.9 Å². The van der Waals surface area contributed by atoms with Crippen LogP contribution in [0.3, 0.4) is 0 Å². The average Bonchev–Trinajstić information content (AvgIpc) is 3.14. The van der Waals surface area contributed by atoms with Crippen molar-refractivity contribution in [2.24, 2.45) is 0 Å². The van der Waals surface area contributed by atoms with Gasteiger partial charge in [0.05, 0.1) is 11.0 Å². The quantitative estimate of drug-likeness (QED) is 0.270. The van der Waals surface area contributed by atoms with Gasteiger partial charge in [0.15, 0.2) is 0 Å². The van der Waals surface area contributed by atoms with E-state index in [1.165, 1.54) is 59.2 Å². The zero-order valence-electron chi connectivity index (χ0n) is 16.2. The highest BCUT2D eigenvalue weighted by Crippen LogP contribution is 2.48. The Kier molecular flexibility index (Phi) is 3.27. The third-order valence-electron chi connectivity index (χ3n) is 6.18. The minimum atomic E-state index is 1.21. The molecule has 0 spiro atoms. The number of hydrogen-bond acceptors (Lipinski definition) is 1. The van der Waals surface area contributed by atoms with Crippen LogP contribution in [0.15, 0.2) is 113 Å². The minimum Gasteiger partial charge on any atom is -0.309 e. The lowest BCUT2D eigenvalue weighted by molar-refractivity contribution is 1.17. The number of hydrogen-bond donors (Lipinski definition) is 0. The van der Waals surface area contributed by atoms with E-state index in [9.17, 15) is 0 Å². The molecule has 1 aliphatic heterocycles. The second-order valence-electron chi connectivity index (χ2n) is 7.81. The van der Waals surface area contributed by atoms with Crippen molar-refractivity contribution in [3.63, 3.8) is 0 Å². The molecule has 0 saturated heterocycles. The number of fused-ring (bicyclic) bond motifs is 5. The topological polar surface area (TPSA) is 4.93 Å². The average molecular weight is 400 g/mol. The molecule has 0 atom stereocenters. The molecule has 5 aromatic carbocycles. The molecule has 0 saturated carbocycles. The maximum absolute atomic E-state index is 2.40. The van der Waals surface area contributed by atoms with Crippen molar-refractivity contribution in [3.05, 3.63) is 103 Å². The zero-order chi connectivity index (χ0) is 19.7. The molecule has 0 aliphatic carbocycles. The first-order valence-electron chi connectivity index (χ1n) is 10.2. The van der Waals surface area contributed by atoms with Crippen LogP contribution in [0.25, 0.3) is 49.4 Å². The predicted molar refractivity (Wildman–Crippen MR) is 128 cm³/mol. The minimum absolute atomic E-state index is 1.21. The van der Waals surface area contributed by atoms with Crippen molar-refractivity contribution < 1.29 is 0 Å². The number of para-hydroxylation sites is 2. The lowest BCUT2D eigenvalue weighted by atomic mass is 9.97. The fraction of sp³-hybridized carbons (Fsp3) is 0. The Balaban J connectivity index is 1.56.